The Labute approximate surface area is 186 Å². The van der Waals surface area contributed by atoms with Gasteiger partial charge in [0.2, 0.25) is 0 Å². The van der Waals surface area contributed by atoms with Gasteiger partial charge in [0.15, 0.2) is 0 Å². The number of likely N-dealkylation sites (tertiary alicyclic amines) is 1. The number of rotatable bonds is 7. The number of nitrogens with one attached hydrogen (secondary N) is 1. The molecule has 5 nitrogen and oxygen atoms in total. The van der Waals surface area contributed by atoms with E-state index in [2.05, 4.69) is 42.2 Å². The molecule has 31 heavy (non-hydrogen) atoms. The lowest BCUT2D eigenvalue weighted by molar-refractivity contribution is 0.123. The van der Waals surface area contributed by atoms with Crippen molar-refractivity contribution in [1.29, 1.82) is 0 Å². The summed E-state index contributed by atoms with van der Waals surface area (Å²) in [6.07, 6.45) is 1.81. The fraction of sp³-hybridized carbons (Fsp3) is 0.423. The molecule has 1 fully saturated rings. The van der Waals surface area contributed by atoms with Crippen LogP contribution in [0.3, 0.4) is 0 Å². The summed E-state index contributed by atoms with van der Waals surface area (Å²) < 4.78 is 5.50. The molecule has 166 valence electrons. The first-order valence-corrected chi connectivity index (χ1v) is 11.0. The van der Waals surface area contributed by atoms with Gasteiger partial charge < -0.3 is 19.9 Å². The van der Waals surface area contributed by atoms with E-state index in [1.165, 1.54) is 5.56 Å². The van der Waals surface area contributed by atoms with Crippen molar-refractivity contribution in [2.75, 3.05) is 33.8 Å². The van der Waals surface area contributed by atoms with E-state index in [1.807, 2.05) is 55.0 Å². The van der Waals surface area contributed by atoms with Gasteiger partial charge in [0.05, 0.1) is 7.11 Å². The van der Waals surface area contributed by atoms with Crippen LogP contribution in [0.2, 0.25) is 0 Å². The Balaban J connectivity index is 1.76. The number of piperidine rings is 1. The number of para-hydroxylation sites is 1. The minimum absolute atomic E-state index is 0.0562. The van der Waals surface area contributed by atoms with Crippen LogP contribution in [-0.2, 0) is 5.41 Å². The molecule has 2 amide bonds. The largest absolute Gasteiger partial charge is 0.496 e. The maximum absolute atomic E-state index is 12.8. The van der Waals surface area contributed by atoms with Gasteiger partial charge in [-0.15, -0.1) is 0 Å². The summed E-state index contributed by atoms with van der Waals surface area (Å²) in [5, 5.41) is 3.58. The molecule has 0 aliphatic carbocycles. The maximum atomic E-state index is 12.8. The Morgan fingerprint density at radius 3 is 2.35 bits per heavy atom. The third-order valence-electron chi connectivity index (χ3n) is 6.53. The van der Waals surface area contributed by atoms with Gasteiger partial charge >= 0.3 is 6.03 Å². The third kappa shape index (κ3) is 5.04. The van der Waals surface area contributed by atoms with Crippen molar-refractivity contribution < 1.29 is 9.53 Å². The van der Waals surface area contributed by atoms with Gasteiger partial charge in [-0.1, -0.05) is 49.0 Å². The number of carbonyl (C=O) groups is 1. The first kappa shape index (κ1) is 22.7. The van der Waals surface area contributed by atoms with Gasteiger partial charge in [0.1, 0.15) is 5.75 Å². The molecule has 0 spiro atoms. The van der Waals surface area contributed by atoms with Gasteiger partial charge in [-0.3, -0.25) is 0 Å². The van der Waals surface area contributed by atoms with Crippen LogP contribution < -0.4 is 10.1 Å². The van der Waals surface area contributed by atoms with Gasteiger partial charge in [-0.2, -0.15) is 0 Å². The summed E-state index contributed by atoms with van der Waals surface area (Å²) in [4.78, 5) is 16.6. The molecular weight excluding hydrogens is 386 g/mol. The number of ether oxygens (including phenoxy) is 1. The minimum atomic E-state index is -0.0562. The second-order valence-corrected chi connectivity index (χ2v) is 8.65. The first-order chi connectivity index (χ1) is 14.9. The van der Waals surface area contributed by atoms with Gasteiger partial charge in [0, 0.05) is 49.4 Å². The third-order valence-corrected chi connectivity index (χ3v) is 6.53. The highest BCUT2D eigenvalue weighted by atomic mass is 16.5. The zero-order valence-corrected chi connectivity index (χ0v) is 19.2. The van der Waals surface area contributed by atoms with Gasteiger partial charge in [0.25, 0.3) is 0 Å². The number of methoxy groups -OCH3 is 1. The summed E-state index contributed by atoms with van der Waals surface area (Å²) in [7, 11) is 3.56. The zero-order valence-electron chi connectivity index (χ0n) is 19.2. The van der Waals surface area contributed by atoms with E-state index in [-0.39, 0.29) is 17.5 Å². The van der Waals surface area contributed by atoms with E-state index in [0.717, 1.165) is 49.5 Å². The molecule has 0 radical (unpaired) electrons. The van der Waals surface area contributed by atoms with E-state index in [4.69, 9.17) is 4.74 Å². The Kier molecular flexibility index (Phi) is 7.26. The lowest BCUT2D eigenvalue weighted by Crippen LogP contribution is -2.52. The van der Waals surface area contributed by atoms with Gasteiger partial charge in [-0.25, -0.2) is 4.79 Å². The van der Waals surface area contributed by atoms with E-state index in [9.17, 15) is 4.79 Å². The average Bonchev–Trinajstić information content (AvgIpc) is 2.82. The van der Waals surface area contributed by atoms with Crippen LogP contribution in [0.5, 0.6) is 5.75 Å². The maximum Gasteiger partial charge on any atom is 0.319 e. The molecular formula is C26H35N3O2. The molecule has 1 aliphatic heterocycles. The minimum Gasteiger partial charge on any atom is -0.496 e. The van der Waals surface area contributed by atoms with E-state index in [0.29, 0.717) is 0 Å². The molecule has 0 bridgehead atoms. The van der Waals surface area contributed by atoms with E-state index < -0.39 is 0 Å². The Morgan fingerprint density at radius 2 is 1.74 bits per heavy atom. The number of benzene rings is 2. The topological polar surface area (TPSA) is 44.8 Å². The first-order valence-electron chi connectivity index (χ1n) is 11.0. The lowest BCUT2D eigenvalue weighted by atomic mass is 9.72. The Morgan fingerprint density at radius 1 is 1.13 bits per heavy atom. The van der Waals surface area contributed by atoms with Crippen LogP contribution in [0.1, 0.15) is 37.8 Å². The summed E-state index contributed by atoms with van der Waals surface area (Å²) in [5.41, 5.74) is 3.07. The summed E-state index contributed by atoms with van der Waals surface area (Å²) in [5.74, 6) is 0.811. The number of hydrogen-bond donors (Lipinski definition) is 1. The Hall–Kier alpha value is -2.95. The number of amides is 2. The molecule has 1 aliphatic rings. The lowest BCUT2D eigenvalue weighted by Gasteiger charge is -2.44. The van der Waals surface area contributed by atoms with E-state index in [1.54, 1.807) is 7.11 Å². The van der Waals surface area contributed by atoms with Crippen molar-refractivity contribution in [3.8, 4) is 5.75 Å². The second-order valence-electron chi connectivity index (χ2n) is 8.65. The Bertz CT molecular complexity index is 887. The number of nitrogens with zero attached hydrogens (tertiary/aromatic N) is 2. The summed E-state index contributed by atoms with van der Waals surface area (Å²) in [6.45, 7) is 10.6. The molecule has 2 aromatic carbocycles. The standard InChI is InChI=1S/C26H35N3O2/c1-20(2)28(4)25(30)29-17-15-26(16-18-29,22-11-7-6-8-12-22)19-27-21(3)23-13-9-10-14-24(23)31-5/h6-14,20,27H,3,15-19H2,1-2,4-5H3. The van der Waals surface area contributed by atoms with Crippen molar-refractivity contribution in [3.63, 3.8) is 0 Å². The molecule has 1 N–H and O–H groups in total. The fourth-order valence-electron chi connectivity index (χ4n) is 4.19. The smallest absolute Gasteiger partial charge is 0.319 e. The van der Waals surface area contributed by atoms with Crippen molar-refractivity contribution >= 4 is 11.7 Å². The van der Waals surface area contributed by atoms with Crippen molar-refractivity contribution in [1.82, 2.24) is 15.1 Å². The van der Waals surface area contributed by atoms with Crippen LogP contribution in [0.25, 0.3) is 5.70 Å². The number of urea groups is 1. The molecule has 0 aromatic heterocycles. The molecule has 2 aromatic rings. The summed E-state index contributed by atoms with van der Waals surface area (Å²) in [6, 6.07) is 18.9. The SMILES string of the molecule is C=C(NCC1(c2ccccc2)CCN(C(=O)N(C)C(C)C)CC1)c1ccccc1OC. The molecule has 1 heterocycles. The molecule has 0 unspecified atom stereocenters. The second kappa shape index (κ2) is 9.90. The van der Waals surface area contributed by atoms with Crippen LogP contribution in [-0.4, -0.2) is 55.7 Å². The van der Waals surface area contributed by atoms with Crippen molar-refractivity contribution in [3.05, 3.63) is 72.3 Å². The van der Waals surface area contributed by atoms with Crippen LogP contribution >= 0.6 is 0 Å². The monoisotopic (exact) mass is 421 g/mol. The molecule has 0 atom stereocenters. The summed E-state index contributed by atoms with van der Waals surface area (Å²) >= 11 is 0. The molecule has 5 heteroatoms. The van der Waals surface area contributed by atoms with E-state index >= 15 is 0 Å². The molecule has 0 saturated carbocycles. The fourth-order valence-corrected chi connectivity index (χ4v) is 4.19. The van der Waals surface area contributed by atoms with Crippen LogP contribution in [0, 0.1) is 0 Å². The average molecular weight is 422 g/mol. The normalized spacial score (nSPS) is 15.5. The van der Waals surface area contributed by atoms with Crippen LogP contribution in [0.15, 0.2) is 61.2 Å². The quantitative estimate of drug-likeness (QED) is 0.702. The highest BCUT2D eigenvalue weighted by molar-refractivity contribution is 5.74. The van der Waals surface area contributed by atoms with Crippen molar-refractivity contribution in [2.45, 2.75) is 38.1 Å². The molecule has 1 saturated heterocycles. The predicted octanol–water partition coefficient (Wildman–Crippen LogP) is 4.75. The van der Waals surface area contributed by atoms with Gasteiger partial charge in [-0.05, 0) is 44.4 Å². The zero-order chi connectivity index (χ0) is 22.4. The predicted molar refractivity (Wildman–Crippen MR) is 127 cm³/mol. The highest BCUT2D eigenvalue weighted by Crippen LogP contribution is 2.36. The van der Waals surface area contributed by atoms with Crippen molar-refractivity contribution in [2.24, 2.45) is 0 Å². The number of carbonyl (C=O) groups excluding carboxylic acids is 1. The molecule has 3 rings (SSSR count). The highest BCUT2D eigenvalue weighted by Gasteiger charge is 2.38. The van der Waals surface area contributed by atoms with Crippen LogP contribution in [0.4, 0.5) is 4.79 Å². The number of hydrogen-bond acceptors (Lipinski definition) is 3.